The second kappa shape index (κ2) is 8.72. The molecule has 3 rings (SSSR count). The van der Waals surface area contributed by atoms with Gasteiger partial charge in [0.1, 0.15) is 0 Å². The topological polar surface area (TPSA) is 3.24 Å². The first-order valence-electron chi connectivity index (χ1n) is 10.5. The Labute approximate surface area is 181 Å². The summed E-state index contributed by atoms with van der Waals surface area (Å²) in [6.07, 6.45) is 16.1. The Balaban J connectivity index is 1.92. The molecule has 0 saturated heterocycles. The first kappa shape index (κ1) is 21.6. The van der Waals surface area contributed by atoms with Gasteiger partial charge >= 0.3 is 0 Å². The number of fused-ring (bicyclic) bond motifs is 1. The van der Waals surface area contributed by atoms with Crippen molar-refractivity contribution in [2.24, 2.45) is 11.3 Å². The molecule has 2 aliphatic rings. The van der Waals surface area contributed by atoms with Crippen molar-refractivity contribution in [1.29, 1.82) is 0 Å². The van der Waals surface area contributed by atoms with Crippen LogP contribution in [0.2, 0.25) is 0 Å². The summed E-state index contributed by atoms with van der Waals surface area (Å²) >= 11 is 1.95. The van der Waals surface area contributed by atoms with Crippen LogP contribution in [0.15, 0.2) is 70.3 Å². The molecule has 2 heteroatoms. The van der Waals surface area contributed by atoms with E-state index in [0.717, 1.165) is 18.5 Å². The Bertz CT molecular complexity index is 930. The highest BCUT2D eigenvalue weighted by atomic mass is 32.2. The molecular formula is C27H33NS. The van der Waals surface area contributed by atoms with Crippen LogP contribution in [0.3, 0.4) is 0 Å². The Hall–Kier alpha value is -2.11. The van der Waals surface area contributed by atoms with Crippen LogP contribution in [0.25, 0.3) is 0 Å². The first-order valence-corrected chi connectivity index (χ1v) is 11.4. The third-order valence-corrected chi connectivity index (χ3v) is 7.36. The van der Waals surface area contributed by atoms with Gasteiger partial charge in [-0.05, 0) is 29.9 Å². The van der Waals surface area contributed by atoms with Gasteiger partial charge in [0.2, 0.25) is 0 Å². The van der Waals surface area contributed by atoms with Crippen LogP contribution in [0.5, 0.6) is 0 Å². The third-order valence-electron chi connectivity index (χ3n) is 5.90. The minimum Gasteiger partial charge on any atom is -0.370 e. The van der Waals surface area contributed by atoms with Crippen molar-refractivity contribution >= 4 is 11.8 Å². The molecule has 0 fully saturated rings. The van der Waals surface area contributed by atoms with Crippen molar-refractivity contribution in [3.8, 4) is 12.3 Å². The zero-order chi connectivity index (χ0) is 21.2. The maximum absolute atomic E-state index is 6.06. The highest BCUT2D eigenvalue weighted by Crippen LogP contribution is 2.53. The lowest BCUT2D eigenvalue weighted by Crippen LogP contribution is -2.26. The SMILES string of the molecule is C#CC1=C(/C(=C\C)N(C)Cc2ccccc2CC)SC2C(C(C)(C)C)=CC=C[C@@H]12. The molecule has 0 amide bonds. The number of hydrogen-bond donors (Lipinski definition) is 0. The second-order valence-electron chi connectivity index (χ2n) is 8.86. The van der Waals surface area contributed by atoms with Crippen molar-refractivity contribution in [2.45, 2.75) is 52.8 Å². The average molecular weight is 404 g/mol. The Morgan fingerprint density at radius 1 is 1.24 bits per heavy atom. The molecule has 1 aromatic carbocycles. The first-order chi connectivity index (χ1) is 13.8. The monoisotopic (exact) mass is 403 g/mol. The normalized spacial score (nSPS) is 21.7. The third kappa shape index (κ3) is 4.26. The number of allylic oxidation sites excluding steroid dienone is 5. The lowest BCUT2D eigenvalue weighted by Gasteiger charge is -2.32. The maximum atomic E-state index is 6.06. The van der Waals surface area contributed by atoms with E-state index in [1.54, 1.807) is 0 Å². The van der Waals surface area contributed by atoms with Crippen molar-refractivity contribution < 1.29 is 0 Å². The Morgan fingerprint density at radius 3 is 2.52 bits per heavy atom. The van der Waals surface area contributed by atoms with Gasteiger partial charge in [-0.3, -0.25) is 0 Å². The summed E-state index contributed by atoms with van der Waals surface area (Å²) in [5.41, 5.74) is 6.79. The van der Waals surface area contributed by atoms with Gasteiger partial charge in [-0.25, -0.2) is 0 Å². The van der Waals surface area contributed by atoms with Crippen LogP contribution in [0.1, 0.15) is 45.7 Å². The Morgan fingerprint density at radius 2 is 1.93 bits per heavy atom. The van der Waals surface area contributed by atoms with E-state index in [9.17, 15) is 0 Å². The molecule has 1 aromatic rings. The molecule has 0 bridgehead atoms. The summed E-state index contributed by atoms with van der Waals surface area (Å²) in [4.78, 5) is 3.62. The van der Waals surface area contributed by atoms with E-state index in [0.29, 0.717) is 11.2 Å². The largest absolute Gasteiger partial charge is 0.370 e. The fourth-order valence-corrected chi connectivity index (χ4v) is 6.26. The fourth-order valence-electron chi connectivity index (χ4n) is 4.35. The quantitative estimate of drug-likeness (QED) is 0.501. The number of likely N-dealkylation sites (N-methyl/N-ethyl adjacent to an activating group) is 1. The van der Waals surface area contributed by atoms with E-state index >= 15 is 0 Å². The minimum atomic E-state index is 0.137. The number of hydrogen-bond acceptors (Lipinski definition) is 2. The molecule has 0 spiro atoms. The van der Waals surface area contributed by atoms with Gasteiger partial charge in [0, 0.05) is 40.9 Å². The van der Waals surface area contributed by atoms with Gasteiger partial charge in [0.15, 0.2) is 0 Å². The summed E-state index contributed by atoms with van der Waals surface area (Å²) in [7, 11) is 2.18. The van der Waals surface area contributed by atoms with Crippen molar-refractivity contribution in [3.63, 3.8) is 0 Å². The van der Waals surface area contributed by atoms with E-state index in [2.05, 4.69) is 101 Å². The van der Waals surface area contributed by atoms with Crippen LogP contribution in [-0.4, -0.2) is 17.2 Å². The molecule has 0 radical (unpaired) electrons. The van der Waals surface area contributed by atoms with Crippen LogP contribution >= 0.6 is 11.8 Å². The smallest absolute Gasteiger partial charge is 0.0471 e. The lowest BCUT2D eigenvalue weighted by molar-refractivity contribution is 0.420. The number of aryl methyl sites for hydroxylation is 1. The molecule has 2 atom stereocenters. The van der Waals surface area contributed by atoms with E-state index < -0.39 is 0 Å². The zero-order valence-corrected chi connectivity index (χ0v) is 19.4. The second-order valence-corrected chi connectivity index (χ2v) is 10.0. The van der Waals surface area contributed by atoms with Crippen molar-refractivity contribution in [1.82, 2.24) is 4.90 Å². The van der Waals surface area contributed by atoms with E-state index in [-0.39, 0.29) is 5.41 Å². The Kier molecular flexibility index (Phi) is 6.49. The van der Waals surface area contributed by atoms with Crippen LogP contribution < -0.4 is 0 Å². The minimum absolute atomic E-state index is 0.137. The van der Waals surface area contributed by atoms with Gasteiger partial charge in [0.05, 0.1) is 0 Å². The number of benzene rings is 1. The lowest BCUT2D eigenvalue weighted by atomic mass is 9.76. The van der Waals surface area contributed by atoms with Crippen LogP contribution in [0, 0.1) is 23.7 Å². The molecule has 0 N–H and O–H groups in total. The van der Waals surface area contributed by atoms with Gasteiger partial charge in [-0.1, -0.05) is 87.8 Å². The van der Waals surface area contributed by atoms with Gasteiger partial charge < -0.3 is 4.90 Å². The summed E-state index contributed by atoms with van der Waals surface area (Å²) in [5, 5.41) is 0.396. The highest BCUT2D eigenvalue weighted by Gasteiger charge is 2.41. The number of nitrogens with zero attached hydrogens (tertiary/aromatic N) is 1. The summed E-state index contributed by atoms with van der Waals surface area (Å²) in [5.74, 6) is 3.35. The number of rotatable bonds is 5. The van der Waals surface area contributed by atoms with E-state index in [1.165, 1.54) is 27.3 Å². The van der Waals surface area contributed by atoms with Crippen LogP contribution in [0.4, 0.5) is 0 Å². The highest BCUT2D eigenvalue weighted by molar-refractivity contribution is 8.04. The summed E-state index contributed by atoms with van der Waals surface area (Å²) < 4.78 is 0. The number of thioether (sulfide) groups is 1. The fraction of sp³-hybridized carbons (Fsp3) is 0.407. The van der Waals surface area contributed by atoms with Gasteiger partial charge in [0.25, 0.3) is 0 Å². The van der Waals surface area contributed by atoms with Crippen molar-refractivity contribution in [2.75, 3.05) is 7.05 Å². The summed E-state index contributed by atoms with van der Waals surface area (Å²) in [6, 6.07) is 8.73. The molecule has 1 unspecified atom stereocenters. The summed E-state index contributed by atoms with van der Waals surface area (Å²) in [6.45, 7) is 12.1. The van der Waals surface area contributed by atoms with Gasteiger partial charge in [-0.15, -0.1) is 18.2 Å². The zero-order valence-electron chi connectivity index (χ0n) is 18.6. The van der Waals surface area contributed by atoms with E-state index in [1.807, 2.05) is 11.8 Å². The van der Waals surface area contributed by atoms with Crippen molar-refractivity contribution in [3.05, 3.63) is 81.4 Å². The molecular weight excluding hydrogens is 370 g/mol. The molecule has 1 aliphatic carbocycles. The average Bonchev–Trinajstić information content (AvgIpc) is 3.06. The predicted molar refractivity (Wildman–Crippen MR) is 128 cm³/mol. The molecule has 152 valence electrons. The molecule has 1 aliphatic heterocycles. The molecule has 29 heavy (non-hydrogen) atoms. The molecule has 1 nitrogen and oxygen atoms in total. The van der Waals surface area contributed by atoms with E-state index in [4.69, 9.17) is 6.42 Å². The van der Waals surface area contributed by atoms with Crippen LogP contribution in [-0.2, 0) is 13.0 Å². The molecule has 1 heterocycles. The molecule has 0 aromatic heterocycles. The molecule has 0 saturated carbocycles. The van der Waals surface area contributed by atoms with Gasteiger partial charge in [-0.2, -0.15) is 0 Å². The number of terminal acetylenes is 1. The maximum Gasteiger partial charge on any atom is 0.0471 e. The standard InChI is InChI=1S/C27H33NS/c1-8-19-14-11-12-15-20(19)18-28(7)24(10-3)26-21(9-2)22-16-13-17-23(25(22)29-26)27(4,5)6/h2,10-17,22,25H,8,18H2,1,3-7H3/b24-10+/t22-,25?/m0/s1. The predicted octanol–water partition coefficient (Wildman–Crippen LogP) is 6.75.